The molecule has 0 atom stereocenters. The van der Waals surface area contributed by atoms with Gasteiger partial charge in [-0.1, -0.05) is 30.3 Å². The third kappa shape index (κ3) is 6.15. The van der Waals surface area contributed by atoms with Crippen LogP contribution in [0.5, 0.6) is 0 Å². The summed E-state index contributed by atoms with van der Waals surface area (Å²) in [7, 11) is 1.28. The maximum Gasteiger partial charge on any atom is 0.313 e. The molecule has 0 amide bonds. The van der Waals surface area contributed by atoms with Crippen molar-refractivity contribution in [1.29, 1.82) is 0 Å². The lowest BCUT2D eigenvalue weighted by Crippen LogP contribution is -2.09. The summed E-state index contributed by atoms with van der Waals surface area (Å²) in [5.74, 6) is -0.588. The normalized spacial score (nSPS) is 10.1. The summed E-state index contributed by atoms with van der Waals surface area (Å²) < 4.78 is 9.85. The number of rotatable bonds is 8. The molecule has 4 heteroatoms. The smallest absolute Gasteiger partial charge is 0.313 e. The van der Waals surface area contributed by atoms with Crippen molar-refractivity contribution in [1.82, 2.24) is 0 Å². The summed E-state index contributed by atoms with van der Waals surface area (Å²) in [6, 6.07) is 9.84. The van der Waals surface area contributed by atoms with Crippen LogP contribution in [0.2, 0.25) is 0 Å². The molecular formula is C14H18O4. The zero-order chi connectivity index (χ0) is 13.2. The van der Waals surface area contributed by atoms with Crippen LogP contribution in [-0.2, 0) is 25.7 Å². The first kappa shape index (κ1) is 14.4. The van der Waals surface area contributed by atoms with Gasteiger partial charge < -0.3 is 9.47 Å². The Morgan fingerprint density at radius 3 is 2.56 bits per heavy atom. The van der Waals surface area contributed by atoms with Crippen molar-refractivity contribution in [2.24, 2.45) is 0 Å². The minimum atomic E-state index is -0.481. The summed E-state index contributed by atoms with van der Waals surface area (Å²) in [5, 5.41) is 0. The van der Waals surface area contributed by atoms with Crippen LogP contribution in [0.4, 0.5) is 0 Å². The average Bonchev–Trinajstić information content (AvgIpc) is 2.39. The van der Waals surface area contributed by atoms with Gasteiger partial charge in [0.05, 0.1) is 13.7 Å². The van der Waals surface area contributed by atoms with Gasteiger partial charge in [0, 0.05) is 13.0 Å². The number of benzene rings is 1. The fourth-order valence-corrected chi connectivity index (χ4v) is 1.46. The molecule has 0 aromatic heterocycles. The third-order valence-corrected chi connectivity index (χ3v) is 2.43. The third-order valence-electron chi connectivity index (χ3n) is 2.43. The molecule has 98 valence electrons. The SMILES string of the molecule is COC(=O)CC(=O)CCCOCc1ccccc1. The summed E-state index contributed by atoms with van der Waals surface area (Å²) in [6.07, 6.45) is 0.835. The highest BCUT2D eigenvalue weighted by molar-refractivity contribution is 5.95. The molecule has 0 aliphatic heterocycles. The zero-order valence-electron chi connectivity index (χ0n) is 10.6. The van der Waals surface area contributed by atoms with Crippen LogP contribution in [0.1, 0.15) is 24.8 Å². The summed E-state index contributed by atoms with van der Waals surface area (Å²) in [6.45, 7) is 1.06. The molecule has 0 fully saturated rings. The van der Waals surface area contributed by atoms with E-state index in [9.17, 15) is 9.59 Å². The van der Waals surface area contributed by atoms with Gasteiger partial charge in [0.1, 0.15) is 12.2 Å². The summed E-state index contributed by atoms with van der Waals surface area (Å²) in [5.41, 5.74) is 1.11. The second-order valence-electron chi connectivity index (χ2n) is 3.93. The molecular weight excluding hydrogens is 232 g/mol. The summed E-state index contributed by atoms with van der Waals surface area (Å²) in [4.78, 5) is 22.1. The molecule has 18 heavy (non-hydrogen) atoms. The van der Waals surface area contributed by atoms with Gasteiger partial charge >= 0.3 is 5.97 Å². The molecule has 0 bridgehead atoms. The van der Waals surface area contributed by atoms with Crippen molar-refractivity contribution < 1.29 is 19.1 Å². The standard InChI is InChI=1S/C14H18O4/c1-17-14(16)10-13(15)8-5-9-18-11-12-6-3-2-4-7-12/h2-4,6-7H,5,8-11H2,1H3. The Hall–Kier alpha value is -1.68. The number of carbonyl (C=O) groups excluding carboxylic acids is 2. The fourth-order valence-electron chi connectivity index (χ4n) is 1.46. The van der Waals surface area contributed by atoms with Crippen LogP contribution >= 0.6 is 0 Å². The first-order valence-electron chi connectivity index (χ1n) is 5.92. The average molecular weight is 250 g/mol. The number of carbonyl (C=O) groups is 2. The molecule has 4 nitrogen and oxygen atoms in total. The first-order valence-corrected chi connectivity index (χ1v) is 5.92. The molecule has 0 unspecified atom stereocenters. The Kier molecular flexibility index (Phi) is 6.72. The predicted molar refractivity (Wildman–Crippen MR) is 67.0 cm³/mol. The minimum absolute atomic E-state index is 0.106. The number of ether oxygens (including phenoxy) is 2. The van der Waals surface area contributed by atoms with Crippen LogP contribution < -0.4 is 0 Å². The fraction of sp³-hybridized carbons (Fsp3) is 0.429. The van der Waals surface area contributed by atoms with E-state index >= 15 is 0 Å². The molecule has 1 aromatic rings. The quantitative estimate of drug-likeness (QED) is 0.403. The molecule has 0 aliphatic carbocycles. The first-order chi connectivity index (χ1) is 8.72. The molecule has 0 saturated heterocycles. The Morgan fingerprint density at radius 2 is 1.89 bits per heavy atom. The maximum atomic E-state index is 11.3. The van der Waals surface area contributed by atoms with Crippen molar-refractivity contribution >= 4 is 11.8 Å². The van der Waals surface area contributed by atoms with Gasteiger partial charge in [0.2, 0.25) is 0 Å². The highest BCUT2D eigenvalue weighted by atomic mass is 16.5. The van der Waals surface area contributed by atoms with E-state index < -0.39 is 5.97 Å². The van der Waals surface area contributed by atoms with Crippen LogP contribution in [0.15, 0.2) is 30.3 Å². The highest BCUT2D eigenvalue weighted by Gasteiger charge is 2.08. The molecule has 0 saturated carbocycles. The van der Waals surface area contributed by atoms with E-state index in [0.717, 1.165) is 5.56 Å². The number of esters is 1. The number of Topliss-reactive ketones (excluding diaryl/α,β-unsaturated/α-hetero) is 1. The Balaban J connectivity index is 2.05. The number of hydrogen-bond acceptors (Lipinski definition) is 4. The van der Waals surface area contributed by atoms with E-state index in [1.165, 1.54) is 7.11 Å². The van der Waals surface area contributed by atoms with Gasteiger partial charge in [0.25, 0.3) is 0 Å². The summed E-state index contributed by atoms with van der Waals surface area (Å²) >= 11 is 0. The van der Waals surface area contributed by atoms with Crippen LogP contribution in [0.25, 0.3) is 0 Å². The Bertz CT molecular complexity index is 373. The molecule has 0 aliphatic rings. The lowest BCUT2D eigenvalue weighted by molar-refractivity contribution is -0.143. The van der Waals surface area contributed by atoms with Gasteiger partial charge in [-0.3, -0.25) is 9.59 Å². The van der Waals surface area contributed by atoms with Gasteiger partial charge in [-0.05, 0) is 12.0 Å². The molecule has 1 rings (SSSR count). The molecule has 0 heterocycles. The van der Waals surface area contributed by atoms with E-state index in [1.807, 2.05) is 30.3 Å². The van der Waals surface area contributed by atoms with Crippen molar-refractivity contribution in [2.45, 2.75) is 25.9 Å². The Morgan fingerprint density at radius 1 is 1.17 bits per heavy atom. The van der Waals surface area contributed by atoms with Crippen molar-refractivity contribution in [3.8, 4) is 0 Å². The lowest BCUT2D eigenvalue weighted by atomic mass is 10.2. The van der Waals surface area contributed by atoms with E-state index in [-0.39, 0.29) is 12.2 Å². The molecule has 0 N–H and O–H groups in total. The van der Waals surface area contributed by atoms with Crippen LogP contribution in [0.3, 0.4) is 0 Å². The second-order valence-corrected chi connectivity index (χ2v) is 3.93. The zero-order valence-corrected chi connectivity index (χ0v) is 10.6. The molecule has 1 aromatic carbocycles. The van der Waals surface area contributed by atoms with E-state index in [2.05, 4.69) is 4.74 Å². The maximum absolute atomic E-state index is 11.3. The largest absolute Gasteiger partial charge is 0.469 e. The molecule has 0 radical (unpaired) electrons. The van der Waals surface area contributed by atoms with Crippen LogP contribution in [-0.4, -0.2) is 25.5 Å². The number of methoxy groups -OCH3 is 1. The highest BCUT2D eigenvalue weighted by Crippen LogP contribution is 2.02. The van der Waals surface area contributed by atoms with E-state index in [1.54, 1.807) is 0 Å². The van der Waals surface area contributed by atoms with Crippen molar-refractivity contribution in [3.05, 3.63) is 35.9 Å². The minimum Gasteiger partial charge on any atom is -0.469 e. The molecule has 0 spiro atoms. The van der Waals surface area contributed by atoms with Gasteiger partial charge in [0.15, 0.2) is 0 Å². The lowest BCUT2D eigenvalue weighted by Gasteiger charge is -2.04. The van der Waals surface area contributed by atoms with E-state index in [4.69, 9.17) is 4.74 Å². The number of hydrogen-bond donors (Lipinski definition) is 0. The van der Waals surface area contributed by atoms with Crippen molar-refractivity contribution in [2.75, 3.05) is 13.7 Å². The van der Waals surface area contributed by atoms with Crippen molar-refractivity contribution in [3.63, 3.8) is 0 Å². The second kappa shape index (κ2) is 8.42. The van der Waals surface area contributed by atoms with Crippen LogP contribution in [0, 0.1) is 0 Å². The number of ketones is 1. The Labute approximate surface area is 107 Å². The van der Waals surface area contributed by atoms with E-state index in [0.29, 0.717) is 26.1 Å². The predicted octanol–water partition coefficient (Wildman–Crippen LogP) is 2.12. The topological polar surface area (TPSA) is 52.6 Å². The van der Waals surface area contributed by atoms with Gasteiger partial charge in [-0.15, -0.1) is 0 Å². The van der Waals surface area contributed by atoms with Gasteiger partial charge in [-0.2, -0.15) is 0 Å². The van der Waals surface area contributed by atoms with Gasteiger partial charge in [-0.25, -0.2) is 0 Å². The monoisotopic (exact) mass is 250 g/mol.